The summed E-state index contributed by atoms with van der Waals surface area (Å²) in [4.78, 5) is 28.9. The third-order valence-corrected chi connectivity index (χ3v) is 4.71. The van der Waals surface area contributed by atoms with E-state index in [-0.39, 0.29) is 23.9 Å². The molecule has 31 heavy (non-hydrogen) atoms. The van der Waals surface area contributed by atoms with E-state index < -0.39 is 5.97 Å². The van der Waals surface area contributed by atoms with Crippen molar-refractivity contribution in [3.63, 3.8) is 0 Å². The number of rotatable bonds is 6. The standard InChI is InChI=1S/C22H17ClN4O4/c1-30-22(29)16-8-2-3-9-17(16)24-19(28)13-27-11-5-10-18(27)21-25-20(26-31-21)14-6-4-7-15(23)12-14/h2-12H,13H2,1H3,(H,24,28). The minimum absolute atomic E-state index is 0.0211. The van der Waals surface area contributed by atoms with Crippen molar-refractivity contribution in [3.8, 4) is 23.0 Å². The number of methoxy groups -OCH3 is 1. The lowest BCUT2D eigenvalue weighted by Gasteiger charge is -2.11. The summed E-state index contributed by atoms with van der Waals surface area (Å²) in [6.07, 6.45) is 1.73. The van der Waals surface area contributed by atoms with Gasteiger partial charge < -0.3 is 19.1 Å². The van der Waals surface area contributed by atoms with Gasteiger partial charge in [-0.2, -0.15) is 4.98 Å². The number of para-hydroxylation sites is 1. The van der Waals surface area contributed by atoms with Crippen LogP contribution in [0.3, 0.4) is 0 Å². The zero-order chi connectivity index (χ0) is 21.8. The average Bonchev–Trinajstić information content (AvgIpc) is 3.43. The maximum Gasteiger partial charge on any atom is 0.339 e. The second kappa shape index (κ2) is 8.85. The zero-order valence-corrected chi connectivity index (χ0v) is 17.2. The molecule has 0 saturated carbocycles. The topological polar surface area (TPSA) is 99.2 Å². The Bertz CT molecular complexity index is 1250. The number of aromatic nitrogens is 3. The molecule has 1 amide bonds. The number of amides is 1. The minimum atomic E-state index is -0.531. The van der Waals surface area contributed by atoms with E-state index in [9.17, 15) is 9.59 Å². The van der Waals surface area contributed by atoms with Gasteiger partial charge in [-0.05, 0) is 36.4 Å². The van der Waals surface area contributed by atoms with Crippen molar-refractivity contribution < 1.29 is 18.8 Å². The molecular formula is C22H17ClN4O4. The molecule has 0 saturated heterocycles. The summed E-state index contributed by atoms with van der Waals surface area (Å²) in [7, 11) is 1.29. The minimum Gasteiger partial charge on any atom is -0.465 e. The summed E-state index contributed by atoms with van der Waals surface area (Å²) in [5.74, 6) is -0.204. The van der Waals surface area contributed by atoms with Crippen molar-refractivity contribution in [2.45, 2.75) is 6.54 Å². The average molecular weight is 437 g/mol. The molecule has 8 nitrogen and oxygen atoms in total. The van der Waals surface area contributed by atoms with Gasteiger partial charge >= 0.3 is 5.97 Å². The normalized spacial score (nSPS) is 10.6. The van der Waals surface area contributed by atoms with Crippen LogP contribution in [0.2, 0.25) is 5.02 Å². The molecule has 0 bridgehead atoms. The molecule has 0 fully saturated rings. The fraction of sp³-hybridized carbons (Fsp3) is 0.0909. The number of carbonyl (C=O) groups is 2. The van der Waals surface area contributed by atoms with Crippen LogP contribution < -0.4 is 5.32 Å². The first kappa shape index (κ1) is 20.4. The SMILES string of the molecule is COC(=O)c1ccccc1NC(=O)Cn1cccc1-c1nc(-c2cccc(Cl)c2)no1. The number of nitrogens with zero attached hydrogens (tertiary/aromatic N) is 3. The Labute approximate surface area is 182 Å². The molecule has 4 rings (SSSR count). The third kappa shape index (κ3) is 4.49. The van der Waals surface area contributed by atoms with Crippen LogP contribution in [0.25, 0.3) is 23.0 Å². The molecule has 0 spiro atoms. The monoisotopic (exact) mass is 436 g/mol. The molecule has 2 heterocycles. The molecule has 0 atom stereocenters. The van der Waals surface area contributed by atoms with E-state index in [1.54, 1.807) is 65.4 Å². The van der Waals surface area contributed by atoms with Gasteiger partial charge in [0.1, 0.15) is 12.2 Å². The fourth-order valence-electron chi connectivity index (χ4n) is 3.04. The summed E-state index contributed by atoms with van der Waals surface area (Å²) in [6, 6.07) is 17.3. The smallest absolute Gasteiger partial charge is 0.339 e. The number of carbonyl (C=O) groups excluding carboxylic acids is 2. The molecule has 0 radical (unpaired) electrons. The van der Waals surface area contributed by atoms with E-state index in [0.717, 1.165) is 5.56 Å². The first-order valence-electron chi connectivity index (χ1n) is 9.27. The number of hydrogen-bond acceptors (Lipinski definition) is 6. The highest BCUT2D eigenvalue weighted by molar-refractivity contribution is 6.30. The van der Waals surface area contributed by atoms with Gasteiger partial charge in [-0.25, -0.2) is 4.79 Å². The Morgan fingerprint density at radius 2 is 1.97 bits per heavy atom. The Morgan fingerprint density at radius 1 is 1.13 bits per heavy atom. The van der Waals surface area contributed by atoms with Crippen LogP contribution >= 0.6 is 11.6 Å². The number of esters is 1. The van der Waals surface area contributed by atoms with Crippen LogP contribution in [0.1, 0.15) is 10.4 Å². The predicted octanol–water partition coefficient (Wildman–Crippen LogP) is 4.28. The third-order valence-electron chi connectivity index (χ3n) is 4.48. The van der Waals surface area contributed by atoms with Crippen LogP contribution in [0.4, 0.5) is 5.69 Å². The molecule has 0 aliphatic heterocycles. The van der Waals surface area contributed by atoms with E-state index in [1.807, 2.05) is 6.07 Å². The molecule has 2 aromatic heterocycles. The summed E-state index contributed by atoms with van der Waals surface area (Å²) in [6.45, 7) is -0.0211. The van der Waals surface area contributed by atoms with Gasteiger partial charge in [0.15, 0.2) is 0 Å². The van der Waals surface area contributed by atoms with Crippen LogP contribution in [0.15, 0.2) is 71.4 Å². The van der Waals surface area contributed by atoms with Gasteiger partial charge in [0.05, 0.1) is 18.4 Å². The Morgan fingerprint density at radius 3 is 2.77 bits per heavy atom. The Kier molecular flexibility index (Phi) is 5.81. The van der Waals surface area contributed by atoms with E-state index in [2.05, 4.69) is 15.5 Å². The molecule has 4 aromatic rings. The van der Waals surface area contributed by atoms with Gasteiger partial charge in [0.2, 0.25) is 11.7 Å². The van der Waals surface area contributed by atoms with Crippen molar-refractivity contribution in [1.29, 1.82) is 0 Å². The van der Waals surface area contributed by atoms with Gasteiger partial charge in [0, 0.05) is 16.8 Å². The summed E-state index contributed by atoms with van der Waals surface area (Å²) >= 11 is 6.03. The Hall–Kier alpha value is -3.91. The maximum absolute atomic E-state index is 12.6. The molecular weight excluding hydrogens is 420 g/mol. The number of hydrogen-bond donors (Lipinski definition) is 1. The van der Waals surface area contributed by atoms with Gasteiger partial charge in [-0.15, -0.1) is 0 Å². The highest BCUT2D eigenvalue weighted by atomic mass is 35.5. The first-order valence-corrected chi connectivity index (χ1v) is 9.65. The van der Waals surface area contributed by atoms with Crippen LogP contribution in [-0.4, -0.2) is 33.7 Å². The van der Waals surface area contributed by atoms with Crippen LogP contribution in [0, 0.1) is 0 Å². The summed E-state index contributed by atoms with van der Waals surface area (Å²) in [5, 5.41) is 7.31. The second-order valence-corrected chi connectivity index (χ2v) is 6.98. The van der Waals surface area contributed by atoms with Crippen molar-refractivity contribution in [2.24, 2.45) is 0 Å². The van der Waals surface area contributed by atoms with Crippen LogP contribution in [0.5, 0.6) is 0 Å². The van der Waals surface area contributed by atoms with E-state index >= 15 is 0 Å². The van der Waals surface area contributed by atoms with E-state index in [1.165, 1.54) is 7.11 Å². The van der Waals surface area contributed by atoms with Gasteiger partial charge in [-0.3, -0.25) is 4.79 Å². The molecule has 0 unspecified atom stereocenters. The van der Waals surface area contributed by atoms with Gasteiger partial charge in [-0.1, -0.05) is 41.0 Å². The zero-order valence-electron chi connectivity index (χ0n) is 16.4. The molecule has 0 aliphatic carbocycles. The molecule has 9 heteroatoms. The molecule has 1 N–H and O–H groups in total. The fourth-order valence-corrected chi connectivity index (χ4v) is 3.23. The molecule has 0 aliphatic rings. The highest BCUT2D eigenvalue weighted by Gasteiger charge is 2.17. The van der Waals surface area contributed by atoms with Crippen molar-refractivity contribution in [2.75, 3.05) is 12.4 Å². The Balaban J connectivity index is 1.52. The van der Waals surface area contributed by atoms with Gasteiger partial charge in [0.25, 0.3) is 5.89 Å². The number of halogens is 1. The first-order chi connectivity index (χ1) is 15.0. The quantitative estimate of drug-likeness (QED) is 0.453. The lowest BCUT2D eigenvalue weighted by molar-refractivity contribution is -0.116. The molecule has 156 valence electrons. The number of nitrogens with one attached hydrogen (secondary N) is 1. The number of anilines is 1. The largest absolute Gasteiger partial charge is 0.465 e. The van der Waals surface area contributed by atoms with E-state index in [4.69, 9.17) is 20.9 Å². The maximum atomic E-state index is 12.6. The van der Waals surface area contributed by atoms with Crippen molar-refractivity contribution in [3.05, 3.63) is 77.4 Å². The van der Waals surface area contributed by atoms with E-state index in [0.29, 0.717) is 22.2 Å². The number of ether oxygens (including phenoxy) is 1. The molecule has 2 aromatic carbocycles. The number of benzene rings is 2. The second-order valence-electron chi connectivity index (χ2n) is 6.54. The lowest BCUT2D eigenvalue weighted by atomic mass is 10.2. The summed E-state index contributed by atoms with van der Waals surface area (Å²) < 4.78 is 11.8. The van der Waals surface area contributed by atoms with Crippen LogP contribution in [-0.2, 0) is 16.1 Å². The predicted molar refractivity (Wildman–Crippen MR) is 115 cm³/mol. The lowest BCUT2D eigenvalue weighted by Crippen LogP contribution is -2.20. The van der Waals surface area contributed by atoms with Crippen molar-refractivity contribution in [1.82, 2.24) is 14.7 Å². The highest BCUT2D eigenvalue weighted by Crippen LogP contribution is 2.25. The summed E-state index contributed by atoms with van der Waals surface area (Å²) in [5.41, 5.74) is 1.94. The van der Waals surface area contributed by atoms with Crippen molar-refractivity contribution >= 4 is 29.2 Å².